The molecule has 0 aliphatic rings. The lowest BCUT2D eigenvalue weighted by molar-refractivity contribution is -0.134. The average molecular weight is 385 g/mol. The average Bonchev–Trinajstić information content (AvgIpc) is 2.75. The Balaban J connectivity index is 1.80. The van der Waals surface area contributed by atoms with E-state index < -0.39 is 11.6 Å². The van der Waals surface area contributed by atoms with Crippen molar-refractivity contribution in [2.24, 2.45) is 0 Å². The predicted octanol–water partition coefficient (Wildman–Crippen LogP) is 4.62. The Morgan fingerprint density at radius 3 is 1.62 bits per heavy atom. The summed E-state index contributed by atoms with van der Waals surface area (Å²) in [6.45, 7) is 2.64. The molecule has 0 radical (unpaired) electrons. The first-order valence-electron chi connectivity index (χ1n) is 9.53. The smallest absolute Gasteiger partial charge is 0.205 e. The van der Waals surface area contributed by atoms with Crippen LogP contribution in [0.1, 0.15) is 34.8 Å². The van der Waals surface area contributed by atoms with Gasteiger partial charge in [0, 0.05) is 31.3 Å². The molecule has 0 saturated heterocycles. The van der Waals surface area contributed by atoms with Gasteiger partial charge in [0.15, 0.2) is 11.6 Å². The molecule has 3 aromatic rings. The van der Waals surface area contributed by atoms with E-state index in [0.29, 0.717) is 5.56 Å². The Bertz CT molecular complexity index is 938. The van der Waals surface area contributed by atoms with Gasteiger partial charge in [0.25, 0.3) is 0 Å². The van der Waals surface area contributed by atoms with Crippen molar-refractivity contribution in [2.45, 2.75) is 26.4 Å². The molecule has 0 atom stereocenters. The van der Waals surface area contributed by atoms with Crippen molar-refractivity contribution < 1.29 is 14.4 Å². The fraction of sp³-hybridized carbons (Fsp3) is 0.160. The first-order chi connectivity index (χ1) is 14.0. The van der Waals surface area contributed by atoms with Gasteiger partial charge < -0.3 is 4.90 Å². The molecule has 0 amide bonds. The third-order valence-electron chi connectivity index (χ3n) is 4.70. The molecule has 0 aliphatic carbocycles. The van der Waals surface area contributed by atoms with E-state index in [1.807, 2.05) is 48.5 Å². The second-order valence-electron chi connectivity index (χ2n) is 6.95. The molecule has 0 bridgehead atoms. The summed E-state index contributed by atoms with van der Waals surface area (Å²) in [6, 6.07) is 27.6. The lowest BCUT2D eigenvalue weighted by Gasteiger charge is -2.25. The van der Waals surface area contributed by atoms with E-state index in [0.717, 1.165) is 18.8 Å². The maximum Gasteiger partial charge on any atom is 0.205 e. The summed E-state index contributed by atoms with van der Waals surface area (Å²) in [5.74, 6) is -1.59. The van der Waals surface area contributed by atoms with Gasteiger partial charge in [-0.05, 0) is 35.4 Å². The van der Waals surface area contributed by atoms with Crippen molar-refractivity contribution in [3.8, 4) is 0 Å². The molecule has 0 saturated carbocycles. The van der Waals surface area contributed by atoms with Gasteiger partial charge in [-0.3, -0.25) is 14.4 Å². The molecule has 0 spiro atoms. The van der Waals surface area contributed by atoms with Crippen LogP contribution in [0, 0.1) is 0 Å². The summed E-state index contributed by atoms with van der Waals surface area (Å²) in [7, 11) is 0. The summed E-state index contributed by atoms with van der Waals surface area (Å²) >= 11 is 0. The van der Waals surface area contributed by atoms with Crippen molar-refractivity contribution in [1.29, 1.82) is 0 Å². The van der Waals surface area contributed by atoms with Gasteiger partial charge in [0.2, 0.25) is 5.78 Å². The molecule has 146 valence electrons. The lowest BCUT2D eigenvalue weighted by atomic mass is 10.0. The molecular weight excluding hydrogens is 362 g/mol. The van der Waals surface area contributed by atoms with Gasteiger partial charge >= 0.3 is 0 Å². The number of hydrogen-bond donors (Lipinski definition) is 0. The Hall–Kier alpha value is -3.53. The first kappa shape index (κ1) is 20.2. The highest BCUT2D eigenvalue weighted by molar-refractivity contribution is 6.40. The van der Waals surface area contributed by atoms with Crippen LogP contribution in [0.2, 0.25) is 0 Å². The molecule has 0 fully saturated rings. The molecule has 3 aromatic carbocycles. The monoisotopic (exact) mass is 385 g/mol. The zero-order valence-corrected chi connectivity index (χ0v) is 16.4. The van der Waals surface area contributed by atoms with Crippen molar-refractivity contribution in [3.63, 3.8) is 0 Å². The van der Waals surface area contributed by atoms with Crippen LogP contribution in [0.25, 0.3) is 0 Å². The van der Waals surface area contributed by atoms with Crippen LogP contribution < -0.4 is 4.90 Å². The molecule has 0 heterocycles. The number of anilines is 1. The van der Waals surface area contributed by atoms with Crippen LogP contribution in [-0.2, 0) is 22.7 Å². The van der Waals surface area contributed by atoms with Gasteiger partial charge in [0.1, 0.15) is 0 Å². The van der Waals surface area contributed by atoms with Crippen LogP contribution in [0.4, 0.5) is 5.69 Å². The topological polar surface area (TPSA) is 54.5 Å². The second kappa shape index (κ2) is 9.60. The number of nitrogens with zero attached hydrogens (tertiary/aromatic N) is 1. The van der Waals surface area contributed by atoms with E-state index in [9.17, 15) is 14.4 Å². The van der Waals surface area contributed by atoms with E-state index in [1.54, 1.807) is 12.1 Å². The number of carbonyl (C=O) groups is 3. The fourth-order valence-corrected chi connectivity index (χ4v) is 3.08. The minimum Gasteiger partial charge on any atom is -0.363 e. The number of carbonyl (C=O) groups excluding carboxylic acids is 3. The molecule has 0 N–H and O–H groups in total. The summed E-state index contributed by atoms with van der Waals surface area (Å²) in [5.41, 5.74) is 3.79. The molecule has 0 aliphatic heterocycles. The van der Waals surface area contributed by atoms with Crippen molar-refractivity contribution in [2.75, 3.05) is 4.90 Å². The largest absolute Gasteiger partial charge is 0.363 e. The van der Waals surface area contributed by atoms with E-state index in [4.69, 9.17) is 0 Å². The van der Waals surface area contributed by atoms with Crippen molar-refractivity contribution >= 4 is 23.0 Å². The number of benzene rings is 3. The number of Topliss-reactive ketones (excluding diaryl/α,β-unsaturated/α-hetero) is 3. The number of ketones is 3. The maximum absolute atomic E-state index is 12.2. The first-order valence-corrected chi connectivity index (χ1v) is 9.53. The normalized spacial score (nSPS) is 10.4. The summed E-state index contributed by atoms with van der Waals surface area (Å²) in [5, 5.41) is 0. The highest BCUT2D eigenvalue weighted by atomic mass is 16.2. The summed E-state index contributed by atoms with van der Waals surface area (Å²) in [6.07, 6.45) is -0.383. The molecule has 3 rings (SSSR count). The Morgan fingerprint density at radius 2 is 1.17 bits per heavy atom. The molecule has 0 aromatic heterocycles. The third kappa shape index (κ3) is 5.72. The zero-order valence-electron chi connectivity index (χ0n) is 16.4. The zero-order chi connectivity index (χ0) is 20.6. The lowest BCUT2D eigenvalue weighted by Crippen LogP contribution is -2.22. The van der Waals surface area contributed by atoms with Crippen LogP contribution >= 0.6 is 0 Å². The SMILES string of the molecule is CC(=O)C(=O)CC(=O)c1ccc(N(Cc2ccccc2)Cc2ccccc2)cc1. The van der Waals surface area contributed by atoms with Gasteiger partial charge in [-0.15, -0.1) is 0 Å². The molecule has 4 heteroatoms. The van der Waals surface area contributed by atoms with E-state index in [1.165, 1.54) is 18.1 Å². The number of hydrogen-bond acceptors (Lipinski definition) is 4. The molecule has 29 heavy (non-hydrogen) atoms. The van der Waals surface area contributed by atoms with Gasteiger partial charge in [-0.25, -0.2) is 0 Å². The van der Waals surface area contributed by atoms with Crippen LogP contribution in [0.3, 0.4) is 0 Å². The van der Waals surface area contributed by atoms with Crippen LogP contribution in [0.15, 0.2) is 84.9 Å². The van der Waals surface area contributed by atoms with Crippen molar-refractivity contribution in [3.05, 3.63) is 102 Å². The highest BCUT2D eigenvalue weighted by Gasteiger charge is 2.16. The van der Waals surface area contributed by atoms with E-state index >= 15 is 0 Å². The summed E-state index contributed by atoms with van der Waals surface area (Å²) < 4.78 is 0. The van der Waals surface area contributed by atoms with Crippen molar-refractivity contribution in [1.82, 2.24) is 0 Å². The van der Waals surface area contributed by atoms with E-state index in [2.05, 4.69) is 29.2 Å². The Morgan fingerprint density at radius 1 is 0.690 bits per heavy atom. The fourth-order valence-electron chi connectivity index (χ4n) is 3.08. The van der Waals surface area contributed by atoms with E-state index in [-0.39, 0.29) is 12.2 Å². The Labute approximate surface area is 170 Å². The third-order valence-corrected chi connectivity index (χ3v) is 4.70. The standard InChI is InChI=1S/C25H23NO3/c1-19(27)24(28)16-25(29)22-12-14-23(15-13-22)26(17-20-8-4-2-5-9-20)18-21-10-6-3-7-11-21/h2-15H,16-18H2,1H3. The highest BCUT2D eigenvalue weighted by Crippen LogP contribution is 2.21. The summed E-state index contributed by atoms with van der Waals surface area (Å²) in [4.78, 5) is 37.1. The second-order valence-corrected chi connectivity index (χ2v) is 6.95. The molecular formula is C25H23NO3. The molecule has 0 unspecified atom stereocenters. The number of rotatable bonds is 9. The Kier molecular flexibility index (Phi) is 6.69. The van der Waals surface area contributed by atoms with Gasteiger partial charge in [-0.2, -0.15) is 0 Å². The van der Waals surface area contributed by atoms with Gasteiger partial charge in [-0.1, -0.05) is 60.7 Å². The minimum atomic E-state index is -0.658. The van der Waals surface area contributed by atoms with Crippen LogP contribution in [0.5, 0.6) is 0 Å². The maximum atomic E-state index is 12.2. The quantitative estimate of drug-likeness (QED) is 0.306. The van der Waals surface area contributed by atoms with Gasteiger partial charge in [0.05, 0.1) is 6.42 Å². The predicted molar refractivity (Wildman–Crippen MR) is 114 cm³/mol. The molecule has 4 nitrogen and oxygen atoms in total. The van der Waals surface area contributed by atoms with Crippen LogP contribution in [-0.4, -0.2) is 17.3 Å². The minimum absolute atomic E-state index is 0.339.